The maximum atomic E-state index is 13.8. The molecule has 4 nitrogen and oxygen atoms in total. The van der Waals surface area contributed by atoms with Crippen molar-refractivity contribution in [2.45, 2.75) is 31.7 Å². The Kier molecular flexibility index (Phi) is 4.60. The molecule has 1 atom stereocenters. The first-order valence-corrected chi connectivity index (χ1v) is 6.85. The van der Waals surface area contributed by atoms with Crippen molar-refractivity contribution in [2.75, 3.05) is 6.54 Å². The smallest absolute Gasteiger partial charge is 0.305 e. The van der Waals surface area contributed by atoms with Gasteiger partial charge >= 0.3 is 5.97 Å². The lowest BCUT2D eigenvalue weighted by atomic mass is 9.98. The number of hydrogen-bond acceptors (Lipinski definition) is 2. The van der Waals surface area contributed by atoms with Crippen LogP contribution in [0.15, 0.2) is 18.2 Å². The van der Waals surface area contributed by atoms with Gasteiger partial charge < -0.3 is 10.0 Å². The largest absolute Gasteiger partial charge is 0.481 e. The highest BCUT2D eigenvalue weighted by molar-refractivity contribution is 6.33. The topological polar surface area (TPSA) is 57.6 Å². The monoisotopic (exact) mass is 299 g/mol. The Labute approximate surface area is 121 Å². The van der Waals surface area contributed by atoms with Crippen molar-refractivity contribution in [3.63, 3.8) is 0 Å². The fourth-order valence-corrected chi connectivity index (χ4v) is 2.77. The summed E-state index contributed by atoms with van der Waals surface area (Å²) >= 11 is 5.89. The minimum Gasteiger partial charge on any atom is -0.481 e. The highest BCUT2D eigenvalue weighted by Gasteiger charge is 2.31. The SMILES string of the molecule is O=C(O)CC1CCCCN1C(=O)c1c(F)cccc1Cl. The average Bonchev–Trinajstić information content (AvgIpc) is 2.38. The molecule has 0 radical (unpaired) electrons. The number of carbonyl (C=O) groups is 2. The molecule has 0 bridgehead atoms. The molecule has 2 rings (SSSR count). The molecule has 1 fully saturated rings. The molecule has 1 unspecified atom stereocenters. The third-order valence-electron chi connectivity index (χ3n) is 3.47. The van der Waals surface area contributed by atoms with E-state index in [1.54, 1.807) is 0 Å². The van der Waals surface area contributed by atoms with E-state index < -0.39 is 23.7 Å². The van der Waals surface area contributed by atoms with Crippen molar-refractivity contribution >= 4 is 23.5 Å². The lowest BCUT2D eigenvalue weighted by molar-refractivity contribution is -0.138. The molecule has 1 aliphatic heterocycles. The number of carbonyl (C=O) groups excluding carboxylic acids is 1. The zero-order valence-corrected chi connectivity index (χ0v) is 11.6. The van der Waals surface area contributed by atoms with Crippen molar-refractivity contribution in [2.24, 2.45) is 0 Å². The van der Waals surface area contributed by atoms with Gasteiger partial charge in [0.25, 0.3) is 5.91 Å². The van der Waals surface area contributed by atoms with Crippen LogP contribution >= 0.6 is 11.6 Å². The predicted molar refractivity (Wildman–Crippen MR) is 72.3 cm³/mol. The van der Waals surface area contributed by atoms with E-state index >= 15 is 0 Å². The van der Waals surface area contributed by atoms with E-state index in [4.69, 9.17) is 16.7 Å². The second-order valence-electron chi connectivity index (χ2n) is 4.84. The van der Waals surface area contributed by atoms with Gasteiger partial charge in [-0.15, -0.1) is 0 Å². The Morgan fingerprint density at radius 2 is 2.15 bits per heavy atom. The first kappa shape index (κ1) is 14.8. The number of aliphatic carboxylic acids is 1. The Balaban J connectivity index is 2.28. The van der Waals surface area contributed by atoms with E-state index in [9.17, 15) is 14.0 Å². The van der Waals surface area contributed by atoms with E-state index in [-0.39, 0.29) is 17.0 Å². The van der Waals surface area contributed by atoms with Crippen LogP contribution in [0.5, 0.6) is 0 Å². The first-order chi connectivity index (χ1) is 9.50. The van der Waals surface area contributed by atoms with Crippen molar-refractivity contribution in [1.29, 1.82) is 0 Å². The van der Waals surface area contributed by atoms with Crippen LogP contribution in [0.4, 0.5) is 4.39 Å². The predicted octanol–water partition coefficient (Wildman–Crippen LogP) is 2.95. The maximum absolute atomic E-state index is 13.8. The van der Waals surface area contributed by atoms with Crippen molar-refractivity contribution in [3.8, 4) is 0 Å². The number of nitrogens with zero attached hydrogens (tertiary/aromatic N) is 1. The number of likely N-dealkylation sites (tertiary alicyclic amines) is 1. The molecule has 0 aromatic heterocycles. The summed E-state index contributed by atoms with van der Waals surface area (Å²) in [6, 6.07) is 3.66. The minimum atomic E-state index is -0.964. The second-order valence-corrected chi connectivity index (χ2v) is 5.25. The van der Waals surface area contributed by atoms with Crippen LogP contribution in [0.25, 0.3) is 0 Å². The highest BCUT2D eigenvalue weighted by atomic mass is 35.5. The lowest BCUT2D eigenvalue weighted by Gasteiger charge is -2.35. The Morgan fingerprint density at radius 1 is 1.40 bits per heavy atom. The number of benzene rings is 1. The summed E-state index contributed by atoms with van der Waals surface area (Å²) in [7, 11) is 0. The molecule has 1 aromatic rings. The lowest BCUT2D eigenvalue weighted by Crippen LogP contribution is -2.45. The van der Waals surface area contributed by atoms with Crippen LogP contribution in [0, 0.1) is 5.82 Å². The molecule has 108 valence electrons. The summed E-state index contributed by atoms with van der Waals surface area (Å²) in [5, 5.41) is 8.96. The number of rotatable bonds is 3. The van der Waals surface area contributed by atoms with E-state index in [2.05, 4.69) is 0 Å². The Bertz CT molecular complexity index is 515. The average molecular weight is 300 g/mol. The summed E-state index contributed by atoms with van der Waals surface area (Å²) in [6.45, 7) is 0.432. The van der Waals surface area contributed by atoms with Crippen LogP contribution < -0.4 is 0 Å². The molecule has 0 aliphatic carbocycles. The molecule has 1 saturated heterocycles. The Hall–Kier alpha value is -1.62. The molecule has 0 spiro atoms. The van der Waals surface area contributed by atoms with Gasteiger partial charge in [0.1, 0.15) is 5.82 Å². The van der Waals surface area contributed by atoms with E-state index in [1.807, 2.05) is 0 Å². The van der Waals surface area contributed by atoms with Gasteiger partial charge in [-0.3, -0.25) is 9.59 Å². The molecule has 0 saturated carbocycles. The van der Waals surface area contributed by atoms with Gasteiger partial charge in [0.15, 0.2) is 0 Å². The van der Waals surface area contributed by atoms with Gasteiger partial charge in [-0.2, -0.15) is 0 Å². The molecule has 1 N–H and O–H groups in total. The first-order valence-electron chi connectivity index (χ1n) is 6.47. The molecule has 1 amide bonds. The third-order valence-corrected chi connectivity index (χ3v) is 3.79. The standard InChI is InChI=1S/C14H15ClFNO3/c15-10-5-3-6-11(16)13(10)14(20)17-7-2-1-4-9(17)8-12(18)19/h3,5-6,9H,1-2,4,7-8H2,(H,18,19). The zero-order chi connectivity index (χ0) is 14.7. The van der Waals surface area contributed by atoms with E-state index in [1.165, 1.54) is 23.1 Å². The summed E-state index contributed by atoms with van der Waals surface area (Å²) in [5.41, 5.74) is -0.175. The second kappa shape index (κ2) is 6.22. The number of hydrogen-bond donors (Lipinski definition) is 1. The summed E-state index contributed by atoms with van der Waals surface area (Å²) in [4.78, 5) is 24.7. The molecule has 6 heteroatoms. The number of carboxylic acid groups (broad SMARTS) is 1. The van der Waals surface area contributed by atoms with Gasteiger partial charge in [0, 0.05) is 12.6 Å². The van der Waals surface area contributed by atoms with Crippen LogP contribution in [0.3, 0.4) is 0 Å². The van der Waals surface area contributed by atoms with Crippen molar-refractivity contribution in [3.05, 3.63) is 34.6 Å². The number of amides is 1. The van der Waals surface area contributed by atoms with Crippen molar-refractivity contribution < 1.29 is 19.1 Å². The minimum absolute atomic E-state index is 0.0506. The zero-order valence-electron chi connectivity index (χ0n) is 10.8. The van der Waals surface area contributed by atoms with E-state index in [0.29, 0.717) is 13.0 Å². The summed E-state index contributed by atoms with van der Waals surface area (Å²) in [5.74, 6) is -2.17. The number of halogens is 2. The van der Waals surface area contributed by atoms with Crippen LogP contribution in [-0.2, 0) is 4.79 Å². The molecule has 20 heavy (non-hydrogen) atoms. The number of carboxylic acids is 1. The van der Waals surface area contributed by atoms with Gasteiger partial charge in [0.2, 0.25) is 0 Å². The normalized spacial score (nSPS) is 18.9. The van der Waals surface area contributed by atoms with Crippen molar-refractivity contribution in [1.82, 2.24) is 4.90 Å². The number of piperidine rings is 1. The fourth-order valence-electron chi connectivity index (χ4n) is 2.53. The molecule has 1 aromatic carbocycles. The van der Waals surface area contributed by atoms with Crippen LogP contribution in [0.1, 0.15) is 36.0 Å². The highest BCUT2D eigenvalue weighted by Crippen LogP contribution is 2.26. The van der Waals surface area contributed by atoms with E-state index in [0.717, 1.165) is 12.8 Å². The van der Waals surface area contributed by atoms with Crippen LogP contribution in [-0.4, -0.2) is 34.5 Å². The maximum Gasteiger partial charge on any atom is 0.305 e. The summed E-state index contributed by atoms with van der Waals surface area (Å²) < 4.78 is 13.8. The third kappa shape index (κ3) is 3.10. The van der Waals surface area contributed by atoms with Gasteiger partial charge in [-0.25, -0.2) is 4.39 Å². The quantitative estimate of drug-likeness (QED) is 0.933. The van der Waals surface area contributed by atoms with Gasteiger partial charge in [-0.05, 0) is 31.4 Å². The summed E-state index contributed by atoms with van der Waals surface area (Å²) in [6.07, 6.45) is 2.14. The van der Waals surface area contributed by atoms with Crippen LogP contribution in [0.2, 0.25) is 5.02 Å². The fraction of sp³-hybridized carbons (Fsp3) is 0.429. The van der Waals surface area contributed by atoms with Gasteiger partial charge in [0.05, 0.1) is 17.0 Å². The molecular formula is C14H15ClFNO3. The molecular weight excluding hydrogens is 285 g/mol. The molecule has 1 heterocycles. The Morgan fingerprint density at radius 3 is 2.80 bits per heavy atom. The van der Waals surface area contributed by atoms with Gasteiger partial charge in [-0.1, -0.05) is 17.7 Å². The molecule has 1 aliphatic rings.